The number of ether oxygens (including phenoxy) is 1. The summed E-state index contributed by atoms with van der Waals surface area (Å²) in [6, 6.07) is 10.5. The maximum absolute atomic E-state index is 15.0. The van der Waals surface area contributed by atoms with Gasteiger partial charge in [-0.1, -0.05) is 24.3 Å². The molecular formula is C26H26FNO3S. The van der Waals surface area contributed by atoms with E-state index in [-0.39, 0.29) is 17.8 Å². The summed E-state index contributed by atoms with van der Waals surface area (Å²) >= 11 is 1.65. The lowest BCUT2D eigenvalue weighted by atomic mass is 9.72. The van der Waals surface area contributed by atoms with Gasteiger partial charge < -0.3 is 10.1 Å². The first-order chi connectivity index (χ1) is 15.5. The van der Waals surface area contributed by atoms with Crippen molar-refractivity contribution in [3.63, 3.8) is 0 Å². The molecule has 0 bridgehead atoms. The third-order valence-electron chi connectivity index (χ3n) is 6.79. The van der Waals surface area contributed by atoms with Crippen molar-refractivity contribution < 1.29 is 18.7 Å². The van der Waals surface area contributed by atoms with Gasteiger partial charge >= 0.3 is 5.97 Å². The van der Waals surface area contributed by atoms with Crippen molar-refractivity contribution >= 4 is 23.1 Å². The molecular weight excluding hydrogens is 425 g/mol. The molecule has 0 amide bonds. The van der Waals surface area contributed by atoms with Crippen molar-refractivity contribution in [2.24, 2.45) is 0 Å². The number of carbonyl (C=O) groups excluding carboxylic acids is 2. The molecule has 2 aromatic rings. The van der Waals surface area contributed by atoms with Crippen molar-refractivity contribution in [3.05, 3.63) is 80.6 Å². The van der Waals surface area contributed by atoms with Gasteiger partial charge in [0.15, 0.2) is 5.78 Å². The molecule has 4 nitrogen and oxygen atoms in total. The van der Waals surface area contributed by atoms with Gasteiger partial charge in [-0.05, 0) is 56.5 Å². The molecule has 0 spiro atoms. The van der Waals surface area contributed by atoms with Crippen LogP contribution in [0.1, 0.15) is 67.7 Å². The van der Waals surface area contributed by atoms with Crippen LogP contribution < -0.4 is 5.32 Å². The minimum absolute atomic E-state index is 0.0379. The third-order valence-corrected chi connectivity index (χ3v) is 7.82. The highest BCUT2D eigenvalue weighted by atomic mass is 32.1. The first-order valence-corrected chi connectivity index (χ1v) is 12.1. The number of thiophene rings is 1. The number of nitrogens with one attached hydrogen (secondary N) is 1. The molecule has 2 atom stereocenters. The van der Waals surface area contributed by atoms with E-state index in [1.807, 2.05) is 18.4 Å². The molecule has 6 heteroatoms. The van der Waals surface area contributed by atoms with E-state index in [1.54, 1.807) is 29.5 Å². The van der Waals surface area contributed by atoms with Crippen molar-refractivity contribution in [2.45, 2.75) is 63.4 Å². The number of hydrogen-bond acceptors (Lipinski definition) is 5. The summed E-state index contributed by atoms with van der Waals surface area (Å²) in [6.07, 6.45) is 4.71. The van der Waals surface area contributed by atoms with Crippen LogP contribution in [0.4, 0.5) is 4.39 Å². The molecule has 32 heavy (non-hydrogen) atoms. The summed E-state index contributed by atoms with van der Waals surface area (Å²) in [5.74, 6) is -1.56. The normalized spacial score (nSPS) is 23.9. The lowest BCUT2D eigenvalue weighted by Gasteiger charge is -2.36. The number of hydrogen-bond donors (Lipinski definition) is 1. The molecule has 1 aromatic heterocycles. The zero-order valence-electron chi connectivity index (χ0n) is 18.0. The molecule has 2 heterocycles. The van der Waals surface area contributed by atoms with Gasteiger partial charge in [0.25, 0.3) is 0 Å². The Balaban J connectivity index is 1.56. The average molecular weight is 452 g/mol. The molecule has 5 rings (SSSR count). The Morgan fingerprint density at radius 2 is 1.91 bits per heavy atom. The summed E-state index contributed by atoms with van der Waals surface area (Å²) in [6.45, 7) is 1.82. The van der Waals surface area contributed by atoms with Gasteiger partial charge in [-0.3, -0.25) is 4.79 Å². The SMILES string of the molecule is CC1=C(C(=O)OC2CCCC2)C(c2ccccc2F)C2=C(CC(c3cccs3)CC2=O)N1. The first kappa shape index (κ1) is 21.1. The van der Waals surface area contributed by atoms with Crippen LogP contribution in [0.3, 0.4) is 0 Å². The summed E-state index contributed by atoms with van der Waals surface area (Å²) in [5, 5.41) is 5.35. The molecule has 2 aliphatic carbocycles. The molecule has 1 N–H and O–H groups in total. The number of dihydropyridines is 1. The van der Waals surface area contributed by atoms with Crippen molar-refractivity contribution in [1.82, 2.24) is 5.32 Å². The summed E-state index contributed by atoms with van der Waals surface area (Å²) < 4.78 is 20.8. The van der Waals surface area contributed by atoms with Crippen LogP contribution in [-0.4, -0.2) is 17.9 Å². The van der Waals surface area contributed by atoms with Gasteiger partial charge in [0.05, 0.1) is 11.5 Å². The minimum atomic E-state index is -0.752. The zero-order valence-corrected chi connectivity index (χ0v) is 18.8. The molecule has 1 aromatic carbocycles. The highest BCUT2D eigenvalue weighted by molar-refractivity contribution is 7.10. The summed E-state index contributed by atoms with van der Waals surface area (Å²) in [5.41, 5.74) is 2.64. The van der Waals surface area contributed by atoms with E-state index in [0.717, 1.165) is 31.4 Å². The maximum Gasteiger partial charge on any atom is 0.337 e. The van der Waals surface area contributed by atoms with Crippen LogP contribution in [-0.2, 0) is 14.3 Å². The van der Waals surface area contributed by atoms with E-state index in [4.69, 9.17) is 4.74 Å². The molecule has 1 aliphatic heterocycles. The fraction of sp³-hybridized carbons (Fsp3) is 0.385. The number of carbonyl (C=O) groups is 2. The Bertz CT molecular complexity index is 1110. The molecule has 0 radical (unpaired) electrons. The van der Waals surface area contributed by atoms with Crippen LogP contribution in [0.15, 0.2) is 64.3 Å². The fourth-order valence-electron chi connectivity index (χ4n) is 5.28. The quantitative estimate of drug-likeness (QED) is 0.603. The number of esters is 1. The second-order valence-corrected chi connectivity index (χ2v) is 9.85. The molecule has 1 saturated carbocycles. The number of benzene rings is 1. The molecule has 1 fully saturated rings. The van der Waals surface area contributed by atoms with Crippen LogP contribution in [0.2, 0.25) is 0 Å². The zero-order chi connectivity index (χ0) is 22.2. The average Bonchev–Trinajstić information content (AvgIpc) is 3.47. The van der Waals surface area contributed by atoms with Gasteiger partial charge in [0.2, 0.25) is 0 Å². The number of halogens is 1. The Morgan fingerprint density at radius 3 is 2.62 bits per heavy atom. The Kier molecular flexibility index (Phi) is 5.72. The van der Waals surface area contributed by atoms with E-state index in [0.29, 0.717) is 35.2 Å². The molecule has 3 aliphatic rings. The molecule has 0 saturated heterocycles. The topological polar surface area (TPSA) is 55.4 Å². The van der Waals surface area contributed by atoms with E-state index < -0.39 is 17.7 Å². The monoisotopic (exact) mass is 451 g/mol. The molecule has 166 valence electrons. The smallest absolute Gasteiger partial charge is 0.337 e. The first-order valence-electron chi connectivity index (χ1n) is 11.3. The maximum atomic E-state index is 15.0. The second-order valence-electron chi connectivity index (χ2n) is 8.87. The van der Waals surface area contributed by atoms with Gasteiger partial charge in [-0.2, -0.15) is 0 Å². The van der Waals surface area contributed by atoms with E-state index >= 15 is 4.39 Å². The predicted octanol–water partition coefficient (Wildman–Crippen LogP) is 5.73. The predicted molar refractivity (Wildman–Crippen MR) is 122 cm³/mol. The highest BCUT2D eigenvalue weighted by Crippen LogP contribution is 2.47. The van der Waals surface area contributed by atoms with Gasteiger partial charge in [0, 0.05) is 39.7 Å². The third kappa shape index (κ3) is 3.81. The second kappa shape index (κ2) is 8.66. The van der Waals surface area contributed by atoms with Crippen molar-refractivity contribution in [3.8, 4) is 0 Å². The fourth-order valence-corrected chi connectivity index (χ4v) is 6.11. The van der Waals surface area contributed by atoms with Crippen LogP contribution in [0.25, 0.3) is 0 Å². The van der Waals surface area contributed by atoms with E-state index in [1.165, 1.54) is 10.9 Å². The van der Waals surface area contributed by atoms with Crippen molar-refractivity contribution in [1.29, 1.82) is 0 Å². The standard InChI is InChI=1S/C26H26FNO3S/c1-15-23(26(30)31-17-7-2-3-8-17)24(18-9-4-5-10-19(18)27)25-20(28-15)13-16(14-21(25)29)22-11-6-12-32-22/h4-6,9-12,16-17,24,28H,2-3,7-8,13-14H2,1H3. The van der Waals surface area contributed by atoms with Gasteiger partial charge in [-0.25, -0.2) is 9.18 Å². The Morgan fingerprint density at radius 1 is 1.12 bits per heavy atom. The summed E-state index contributed by atoms with van der Waals surface area (Å²) in [4.78, 5) is 27.9. The number of rotatable bonds is 4. The van der Waals surface area contributed by atoms with Crippen LogP contribution in [0.5, 0.6) is 0 Å². The number of Topliss-reactive ketones (excluding diaryl/α,β-unsaturated/α-hetero) is 1. The Hall–Kier alpha value is -2.73. The molecule has 2 unspecified atom stereocenters. The van der Waals surface area contributed by atoms with Gasteiger partial charge in [-0.15, -0.1) is 11.3 Å². The number of allylic oxidation sites excluding steroid dienone is 3. The lowest BCUT2D eigenvalue weighted by Crippen LogP contribution is -2.36. The van der Waals surface area contributed by atoms with E-state index in [2.05, 4.69) is 11.4 Å². The van der Waals surface area contributed by atoms with Crippen LogP contribution >= 0.6 is 11.3 Å². The highest BCUT2D eigenvalue weighted by Gasteiger charge is 2.42. The van der Waals surface area contributed by atoms with Crippen molar-refractivity contribution in [2.75, 3.05) is 0 Å². The Labute approximate surface area is 191 Å². The lowest BCUT2D eigenvalue weighted by molar-refractivity contribution is -0.144. The van der Waals surface area contributed by atoms with Crippen LogP contribution in [0, 0.1) is 5.82 Å². The van der Waals surface area contributed by atoms with E-state index in [9.17, 15) is 9.59 Å². The number of ketones is 1. The summed E-state index contributed by atoms with van der Waals surface area (Å²) in [7, 11) is 0. The van der Waals surface area contributed by atoms with Gasteiger partial charge in [0.1, 0.15) is 11.9 Å². The largest absolute Gasteiger partial charge is 0.459 e. The minimum Gasteiger partial charge on any atom is -0.459 e.